The van der Waals surface area contributed by atoms with Crippen molar-refractivity contribution in [2.75, 3.05) is 14.2 Å². The molecule has 6 nitrogen and oxygen atoms in total. The summed E-state index contributed by atoms with van der Waals surface area (Å²) in [5.41, 5.74) is 4.31. The molecule has 5 rings (SSSR count). The van der Waals surface area contributed by atoms with Crippen LogP contribution in [-0.2, 0) is 16.1 Å². The summed E-state index contributed by atoms with van der Waals surface area (Å²) in [6, 6.07) is 25.1. The first-order chi connectivity index (χ1) is 17.0. The molecule has 2 heterocycles. The first kappa shape index (κ1) is 22.7. The predicted molar refractivity (Wildman–Crippen MR) is 141 cm³/mol. The Morgan fingerprint density at radius 3 is 2.60 bits per heavy atom. The van der Waals surface area contributed by atoms with E-state index in [1.807, 2.05) is 72.9 Å². The highest BCUT2D eigenvalue weighted by molar-refractivity contribution is 8.18. The zero-order chi connectivity index (χ0) is 24.4. The van der Waals surface area contributed by atoms with Crippen LogP contribution in [0.3, 0.4) is 0 Å². The standard InChI is InChI=1S/C28H23N3O3S/c1-30-26(32)25(35-28(30)29-22-11-4-3-5-12-22)16-21-18-31(24-14-7-6-13-23(21)24)17-19-9-8-10-20(15-19)27(33)34-2/h3-16,18H,17H2,1-2H3/b25-16-,29-28?. The number of amidine groups is 1. The van der Waals surface area contributed by atoms with Crippen LogP contribution in [0.15, 0.2) is 95.0 Å². The summed E-state index contributed by atoms with van der Waals surface area (Å²) in [6.07, 6.45) is 3.98. The second-order valence-corrected chi connectivity index (χ2v) is 9.14. The molecule has 174 valence electrons. The molecule has 1 saturated heterocycles. The second kappa shape index (κ2) is 9.64. The first-order valence-electron chi connectivity index (χ1n) is 11.1. The minimum absolute atomic E-state index is 0.0766. The lowest BCUT2D eigenvalue weighted by Crippen LogP contribution is -2.23. The molecule has 0 bridgehead atoms. The zero-order valence-corrected chi connectivity index (χ0v) is 20.2. The number of methoxy groups -OCH3 is 1. The first-order valence-corrected chi connectivity index (χ1v) is 11.9. The number of rotatable bonds is 5. The Balaban J connectivity index is 1.49. The number of aliphatic imine (C=N–C) groups is 1. The number of hydrogen-bond acceptors (Lipinski definition) is 5. The summed E-state index contributed by atoms with van der Waals surface area (Å²) >= 11 is 1.37. The van der Waals surface area contributed by atoms with Gasteiger partial charge in [0.05, 0.1) is 23.3 Å². The number of nitrogens with zero attached hydrogens (tertiary/aromatic N) is 3. The number of aromatic nitrogens is 1. The van der Waals surface area contributed by atoms with E-state index in [0.717, 1.165) is 27.7 Å². The van der Waals surface area contributed by atoms with Crippen LogP contribution >= 0.6 is 11.8 Å². The van der Waals surface area contributed by atoms with Gasteiger partial charge in [0.25, 0.3) is 5.91 Å². The molecule has 35 heavy (non-hydrogen) atoms. The van der Waals surface area contributed by atoms with Gasteiger partial charge >= 0.3 is 5.97 Å². The van der Waals surface area contributed by atoms with Crippen LogP contribution in [-0.4, -0.2) is 40.7 Å². The Bertz CT molecular complexity index is 1490. The van der Waals surface area contributed by atoms with Crippen molar-refractivity contribution in [2.45, 2.75) is 6.54 Å². The van der Waals surface area contributed by atoms with E-state index < -0.39 is 0 Å². The smallest absolute Gasteiger partial charge is 0.337 e. The number of hydrogen-bond donors (Lipinski definition) is 0. The van der Waals surface area contributed by atoms with Crippen molar-refractivity contribution in [1.82, 2.24) is 9.47 Å². The number of fused-ring (bicyclic) bond motifs is 1. The minimum atomic E-state index is -0.358. The van der Waals surface area contributed by atoms with Gasteiger partial charge in [-0.05, 0) is 53.7 Å². The summed E-state index contributed by atoms with van der Waals surface area (Å²) in [7, 11) is 3.12. The highest BCUT2D eigenvalue weighted by atomic mass is 32.2. The average Bonchev–Trinajstić information content (AvgIpc) is 3.36. The summed E-state index contributed by atoms with van der Waals surface area (Å²) in [4.78, 5) is 31.8. The van der Waals surface area contributed by atoms with Gasteiger partial charge in [-0.25, -0.2) is 9.79 Å². The van der Waals surface area contributed by atoms with Crippen molar-refractivity contribution in [3.05, 3.63) is 107 Å². The van der Waals surface area contributed by atoms with Crippen LogP contribution in [0.25, 0.3) is 17.0 Å². The van der Waals surface area contributed by atoms with Crippen molar-refractivity contribution in [2.24, 2.45) is 4.99 Å². The molecule has 0 unspecified atom stereocenters. The molecule has 0 saturated carbocycles. The van der Waals surface area contributed by atoms with E-state index in [0.29, 0.717) is 22.2 Å². The Labute approximate surface area is 207 Å². The van der Waals surface area contributed by atoms with Gasteiger partial charge in [-0.1, -0.05) is 48.5 Å². The van der Waals surface area contributed by atoms with Gasteiger partial charge in [0.1, 0.15) is 0 Å². The fraction of sp³-hybridized carbons (Fsp3) is 0.107. The molecule has 0 spiro atoms. The molecule has 0 radical (unpaired) electrons. The van der Waals surface area contributed by atoms with Crippen LogP contribution < -0.4 is 0 Å². The molecular weight excluding hydrogens is 458 g/mol. The number of esters is 1. The lowest BCUT2D eigenvalue weighted by atomic mass is 10.1. The fourth-order valence-electron chi connectivity index (χ4n) is 4.04. The van der Waals surface area contributed by atoms with E-state index in [1.165, 1.54) is 18.9 Å². The predicted octanol–water partition coefficient (Wildman–Crippen LogP) is 5.71. The van der Waals surface area contributed by atoms with Gasteiger partial charge in [0, 0.05) is 36.3 Å². The number of para-hydroxylation sites is 2. The average molecular weight is 482 g/mol. The van der Waals surface area contributed by atoms with Crippen molar-refractivity contribution in [1.29, 1.82) is 0 Å². The Hall–Kier alpha value is -4.10. The molecule has 1 amide bonds. The number of likely N-dealkylation sites (N-methyl/N-ethyl adjacent to an activating group) is 1. The van der Waals surface area contributed by atoms with Crippen molar-refractivity contribution in [3.63, 3.8) is 0 Å². The highest BCUT2D eigenvalue weighted by Gasteiger charge is 2.30. The molecule has 1 aliphatic rings. The van der Waals surface area contributed by atoms with E-state index in [4.69, 9.17) is 4.74 Å². The van der Waals surface area contributed by atoms with Gasteiger partial charge in [-0.2, -0.15) is 0 Å². The number of amides is 1. The third kappa shape index (κ3) is 4.63. The van der Waals surface area contributed by atoms with Crippen LogP contribution in [0.1, 0.15) is 21.5 Å². The SMILES string of the molecule is COC(=O)c1cccc(Cn2cc(/C=C3\SC(=Nc4ccccc4)N(C)C3=O)c3ccccc32)c1. The van der Waals surface area contributed by atoms with Crippen LogP contribution in [0.2, 0.25) is 0 Å². The van der Waals surface area contributed by atoms with E-state index in [-0.39, 0.29) is 11.9 Å². The second-order valence-electron chi connectivity index (χ2n) is 8.13. The molecule has 7 heteroatoms. The van der Waals surface area contributed by atoms with Gasteiger partial charge in [0.2, 0.25) is 0 Å². The molecule has 1 aliphatic heterocycles. The number of benzene rings is 3. The summed E-state index contributed by atoms with van der Waals surface area (Å²) in [5.74, 6) is -0.434. The van der Waals surface area contributed by atoms with Crippen LogP contribution in [0.5, 0.6) is 0 Å². The van der Waals surface area contributed by atoms with E-state index in [1.54, 1.807) is 18.0 Å². The maximum Gasteiger partial charge on any atom is 0.337 e. The Kier molecular flexibility index (Phi) is 6.25. The minimum Gasteiger partial charge on any atom is -0.465 e. The highest BCUT2D eigenvalue weighted by Crippen LogP contribution is 2.35. The monoisotopic (exact) mass is 481 g/mol. The maximum atomic E-state index is 13.0. The third-order valence-corrected chi connectivity index (χ3v) is 6.85. The lowest BCUT2D eigenvalue weighted by Gasteiger charge is -2.07. The molecule has 4 aromatic rings. The van der Waals surface area contributed by atoms with E-state index in [9.17, 15) is 9.59 Å². The number of thioether (sulfide) groups is 1. The van der Waals surface area contributed by atoms with Crippen molar-refractivity contribution >= 4 is 51.5 Å². The van der Waals surface area contributed by atoms with E-state index >= 15 is 0 Å². The Morgan fingerprint density at radius 2 is 1.80 bits per heavy atom. The number of carbonyl (C=O) groups is 2. The largest absolute Gasteiger partial charge is 0.465 e. The van der Waals surface area contributed by atoms with E-state index in [2.05, 4.69) is 21.7 Å². The summed E-state index contributed by atoms with van der Waals surface area (Å²) < 4.78 is 6.98. The third-order valence-electron chi connectivity index (χ3n) is 5.79. The quantitative estimate of drug-likeness (QED) is 0.271. The fourth-order valence-corrected chi connectivity index (χ4v) is 5.02. The lowest BCUT2D eigenvalue weighted by molar-refractivity contribution is -0.121. The van der Waals surface area contributed by atoms with Crippen LogP contribution in [0.4, 0.5) is 5.69 Å². The molecule has 1 aromatic heterocycles. The molecule has 1 fully saturated rings. The zero-order valence-electron chi connectivity index (χ0n) is 19.3. The molecule has 0 N–H and O–H groups in total. The summed E-state index contributed by atoms with van der Waals surface area (Å²) in [5, 5.41) is 1.70. The number of carbonyl (C=O) groups excluding carboxylic acids is 2. The van der Waals surface area contributed by atoms with Gasteiger partial charge in [0.15, 0.2) is 5.17 Å². The number of ether oxygens (including phenoxy) is 1. The van der Waals surface area contributed by atoms with Gasteiger partial charge in [-0.15, -0.1) is 0 Å². The van der Waals surface area contributed by atoms with Gasteiger partial charge in [-0.3, -0.25) is 9.69 Å². The van der Waals surface area contributed by atoms with Crippen LogP contribution in [0, 0.1) is 0 Å². The van der Waals surface area contributed by atoms with Gasteiger partial charge < -0.3 is 9.30 Å². The normalized spacial score (nSPS) is 15.9. The molecule has 0 atom stereocenters. The molecular formula is C28H23N3O3S. The summed E-state index contributed by atoms with van der Waals surface area (Å²) in [6.45, 7) is 0.580. The topological polar surface area (TPSA) is 63.9 Å². The Morgan fingerprint density at radius 1 is 1.03 bits per heavy atom. The van der Waals surface area contributed by atoms with Crippen molar-refractivity contribution < 1.29 is 14.3 Å². The molecule has 3 aromatic carbocycles. The maximum absolute atomic E-state index is 13.0. The van der Waals surface area contributed by atoms with Crippen molar-refractivity contribution in [3.8, 4) is 0 Å². The molecule has 0 aliphatic carbocycles.